The molecule has 1 aliphatic rings. The van der Waals surface area contributed by atoms with E-state index in [0.29, 0.717) is 75.5 Å². The van der Waals surface area contributed by atoms with Crippen molar-refractivity contribution in [3.63, 3.8) is 0 Å². The maximum Gasteiger partial charge on any atom is 0.258 e. The first kappa shape index (κ1) is 34.0. The number of rotatable bonds is 15. The Hall–Kier alpha value is -3.52. The number of nitrogens with one attached hydrogen (secondary N) is 1. The van der Waals surface area contributed by atoms with Crippen molar-refractivity contribution >= 4 is 40.5 Å². The number of benzene rings is 2. The Morgan fingerprint density at radius 1 is 1.02 bits per heavy atom. The Labute approximate surface area is 261 Å². The number of hydrogen-bond acceptors (Lipinski definition) is 6. The van der Waals surface area contributed by atoms with E-state index in [1.807, 2.05) is 37.8 Å². The van der Waals surface area contributed by atoms with E-state index in [2.05, 4.69) is 43.1 Å². The highest BCUT2D eigenvalue weighted by molar-refractivity contribution is 7.80. The highest BCUT2D eigenvalue weighted by Crippen LogP contribution is 2.34. The smallest absolute Gasteiger partial charge is 0.258 e. The second kappa shape index (κ2) is 15.3. The summed E-state index contributed by atoms with van der Waals surface area (Å²) in [4.78, 5) is 32.5. The Kier molecular flexibility index (Phi) is 12.1. The predicted octanol–water partition coefficient (Wildman–Crippen LogP) is 5.56. The highest BCUT2D eigenvalue weighted by Gasteiger charge is 2.49. The van der Waals surface area contributed by atoms with Gasteiger partial charge in [-0.1, -0.05) is 39.0 Å². The number of hydrogen-bond donors (Lipinski definition) is 1. The number of thiocarbonyl (C=S) groups is 1. The minimum absolute atomic E-state index is 0.0796. The largest absolute Gasteiger partial charge is 0.491 e. The molecule has 1 heterocycles. The van der Waals surface area contributed by atoms with Crippen LogP contribution in [0.3, 0.4) is 0 Å². The van der Waals surface area contributed by atoms with Crippen LogP contribution >= 0.6 is 12.2 Å². The summed E-state index contributed by atoms with van der Waals surface area (Å²) in [5, 5.41) is 3.27. The number of anilines is 1. The molecule has 0 bridgehead atoms. The molecule has 3 rings (SSSR count). The molecule has 0 atom stereocenters. The van der Waals surface area contributed by atoms with Crippen LogP contribution in [0, 0.1) is 13.5 Å². The zero-order chi connectivity index (χ0) is 31.6. The van der Waals surface area contributed by atoms with Crippen molar-refractivity contribution in [1.29, 1.82) is 0 Å². The lowest BCUT2D eigenvalue weighted by Gasteiger charge is -2.29. The zero-order valence-electron chi connectivity index (χ0n) is 26.2. The summed E-state index contributed by atoms with van der Waals surface area (Å²) in [7, 11) is 0. The van der Waals surface area contributed by atoms with Gasteiger partial charge in [0, 0.05) is 25.2 Å². The molecule has 232 valence electrons. The van der Waals surface area contributed by atoms with Crippen LogP contribution in [0.15, 0.2) is 42.5 Å². The van der Waals surface area contributed by atoms with Crippen LogP contribution in [-0.4, -0.2) is 73.5 Å². The van der Waals surface area contributed by atoms with Gasteiger partial charge in [0.2, 0.25) is 5.91 Å². The Balaban J connectivity index is 1.26. The van der Waals surface area contributed by atoms with Gasteiger partial charge in [0.05, 0.1) is 33.0 Å². The van der Waals surface area contributed by atoms with Gasteiger partial charge in [0.15, 0.2) is 10.8 Å². The fraction of sp³-hybridized carbons (Fsp3) is 0.515. The van der Waals surface area contributed by atoms with Crippen molar-refractivity contribution in [3.05, 3.63) is 65.0 Å². The van der Waals surface area contributed by atoms with E-state index in [4.69, 9.17) is 33.0 Å². The van der Waals surface area contributed by atoms with Crippen molar-refractivity contribution in [2.24, 2.45) is 0 Å². The quantitative estimate of drug-likeness (QED) is 0.161. The van der Waals surface area contributed by atoms with Crippen LogP contribution < -0.4 is 15.0 Å². The van der Waals surface area contributed by atoms with E-state index in [1.54, 1.807) is 18.2 Å². The van der Waals surface area contributed by atoms with Gasteiger partial charge < -0.3 is 24.4 Å². The summed E-state index contributed by atoms with van der Waals surface area (Å²) in [5.41, 5.74) is 2.53. The van der Waals surface area contributed by atoms with Crippen LogP contribution in [0.4, 0.5) is 11.4 Å². The zero-order valence-corrected chi connectivity index (χ0v) is 27.0. The van der Waals surface area contributed by atoms with Gasteiger partial charge in [-0.25, -0.2) is 4.85 Å². The number of aryl methyl sites for hydroxylation is 1. The Morgan fingerprint density at radius 2 is 1.67 bits per heavy atom. The van der Waals surface area contributed by atoms with Gasteiger partial charge >= 0.3 is 0 Å². The SMILES string of the molecule is [C-]#[N+]c1ccc(N2C(=O)C(C)(C)N(CCCC(=O)NCCOCCOCCOc3ccc(C(C)(C)C)cc3)C2=S)cc1C. The summed E-state index contributed by atoms with van der Waals surface area (Å²) >= 11 is 5.67. The molecule has 2 amide bonds. The summed E-state index contributed by atoms with van der Waals surface area (Å²) in [6.45, 7) is 22.4. The first-order chi connectivity index (χ1) is 20.4. The van der Waals surface area contributed by atoms with Crippen molar-refractivity contribution in [2.75, 3.05) is 51.0 Å². The molecular weight excluding hydrogens is 564 g/mol. The fourth-order valence-corrected chi connectivity index (χ4v) is 5.19. The fourth-order valence-electron chi connectivity index (χ4n) is 4.68. The molecule has 0 unspecified atom stereocenters. The van der Waals surface area contributed by atoms with Crippen LogP contribution in [-0.2, 0) is 24.5 Å². The minimum Gasteiger partial charge on any atom is -0.491 e. The van der Waals surface area contributed by atoms with Crippen molar-refractivity contribution in [1.82, 2.24) is 10.2 Å². The lowest BCUT2D eigenvalue weighted by Crippen LogP contribution is -2.44. The Morgan fingerprint density at radius 3 is 2.30 bits per heavy atom. The van der Waals surface area contributed by atoms with Gasteiger partial charge in [0.25, 0.3) is 5.91 Å². The lowest BCUT2D eigenvalue weighted by atomic mass is 9.87. The van der Waals surface area contributed by atoms with Crippen molar-refractivity contribution in [2.45, 2.75) is 65.3 Å². The second-order valence-electron chi connectivity index (χ2n) is 12.0. The summed E-state index contributed by atoms with van der Waals surface area (Å²) in [6, 6.07) is 13.4. The van der Waals surface area contributed by atoms with E-state index < -0.39 is 5.54 Å². The van der Waals surface area contributed by atoms with Crippen molar-refractivity contribution in [3.8, 4) is 5.75 Å². The number of carbonyl (C=O) groups excluding carboxylic acids is 2. The Bertz CT molecular complexity index is 1310. The van der Waals surface area contributed by atoms with Crippen LogP contribution in [0.5, 0.6) is 5.75 Å². The first-order valence-electron chi connectivity index (χ1n) is 14.7. The van der Waals surface area contributed by atoms with Crippen LogP contribution in [0.2, 0.25) is 0 Å². The molecule has 1 N–H and O–H groups in total. The standard InChI is InChI=1S/C33H44N4O5S/c1-24-23-26(12-15-28(24)34-7)37-30(39)33(5,6)36(31(37)43)17-8-9-29(38)35-16-18-40-19-20-41-21-22-42-27-13-10-25(11-14-27)32(2,3)4/h10-15,23H,8-9,16-22H2,1-6H3,(H,35,38). The number of carbonyl (C=O) groups is 2. The van der Waals surface area contributed by atoms with E-state index >= 15 is 0 Å². The molecule has 9 nitrogen and oxygen atoms in total. The van der Waals surface area contributed by atoms with Crippen LogP contribution in [0.1, 0.15) is 58.6 Å². The molecular formula is C33H44N4O5S. The summed E-state index contributed by atoms with van der Waals surface area (Å²) in [5.74, 6) is 0.616. The van der Waals surface area contributed by atoms with Gasteiger partial charge in [-0.3, -0.25) is 14.5 Å². The van der Waals surface area contributed by atoms with Crippen molar-refractivity contribution < 1.29 is 23.8 Å². The van der Waals surface area contributed by atoms with Gasteiger partial charge in [-0.05, 0) is 80.2 Å². The maximum absolute atomic E-state index is 13.2. The monoisotopic (exact) mass is 608 g/mol. The summed E-state index contributed by atoms with van der Waals surface area (Å²) in [6.07, 6.45) is 0.855. The highest BCUT2D eigenvalue weighted by atomic mass is 32.1. The molecule has 0 saturated carbocycles. The minimum atomic E-state index is -0.834. The van der Waals surface area contributed by atoms with E-state index in [1.165, 1.54) is 10.5 Å². The maximum atomic E-state index is 13.2. The second-order valence-corrected chi connectivity index (χ2v) is 12.4. The topological polar surface area (TPSA) is 84.7 Å². The van der Waals surface area contributed by atoms with E-state index in [9.17, 15) is 9.59 Å². The molecule has 1 fully saturated rings. The number of amides is 2. The first-order valence-corrected chi connectivity index (χ1v) is 15.1. The molecule has 0 spiro atoms. The van der Waals surface area contributed by atoms with E-state index in [0.717, 1.165) is 11.3 Å². The normalized spacial score (nSPS) is 14.6. The summed E-state index contributed by atoms with van der Waals surface area (Å²) < 4.78 is 16.8. The van der Waals surface area contributed by atoms with Gasteiger partial charge in [-0.15, -0.1) is 0 Å². The van der Waals surface area contributed by atoms with Gasteiger partial charge in [0.1, 0.15) is 17.9 Å². The molecule has 0 aromatic heterocycles. The van der Waals surface area contributed by atoms with Gasteiger partial charge in [-0.2, -0.15) is 0 Å². The third-order valence-corrected chi connectivity index (χ3v) is 7.73. The predicted molar refractivity (Wildman–Crippen MR) is 173 cm³/mol. The molecule has 2 aromatic rings. The molecule has 0 aliphatic carbocycles. The average Bonchev–Trinajstić information content (AvgIpc) is 3.12. The molecule has 43 heavy (non-hydrogen) atoms. The number of nitrogens with zero attached hydrogens (tertiary/aromatic N) is 3. The molecule has 0 radical (unpaired) electrons. The average molecular weight is 609 g/mol. The third kappa shape index (κ3) is 9.23. The van der Waals surface area contributed by atoms with E-state index in [-0.39, 0.29) is 17.2 Å². The van der Waals surface area contributed by atoms with Crippen LogP contribution in [0.25, 0.3) is 4.85 Å². The molecule has 1 aliphatic heterocycles. The molecule has 1 saturated heterocycles. The number of ether oxygens (including phenoxy) is 3. The molecule has 10 heteroatoms. The molecule has 2 aromatic carbocycles. The lowest BCUT2D eigenvalue weighted by molar-refractivity contribution is -0.123. The third-order valence-electron chi connectivity index (χ3n) is 7.33.